The zero-order chi connectivity index (χ0) is 18.0. The Morgan fingerprint density at radius 3 is 2.84 bits per heavy atom. The summed E-state index contributed by atoms with van der Waals surface area (Å²) >= 11 is 5.85. The maximum atomic E-state index is 12.5. The first kappa shape index (κ1) is 17.2. The molecule has 0 bridgehead atoms. The molecule has 0 fully saturated rings. The van der Waals surface area contributed by atoms with Gasteiger partial charge < -0.3 is 4.74 Å². The number of aromatic nitrogens is 2. The molecule has 0 saturated carbocycles. The molecule has 2 aromatic heterocycles. The Labute approximate surface area is 149 Å². The SMILES string of the molecule is CCOC(=O)c1cnn2ccc(NS(=O)(=O)c3cccc(Cl)c3)cc12. The molecule has 25 heavy (non-hydrogen) atoms. The van der Waals surface area contributed by atoms with Gasteiger partial charge in [0.25, 0.3) is 10.0 Å². The Morgan fingerprint density at radius 2 is 2.12 bits per heavy atom. The van der Waals surface area contributed by atoms with Gasteiger partial charge in [-0.15, -0.1) is 0 Å². The molecule has 130 valence electrons. The highest BCUT2D eigenvalue weighted by Crippen LogP contribution is 2.22. The van der Waals surface area contributed by atoms with E-state index in [-0.39, 0.29) is 17.1 Å². The number of fused-ring (bicyclic) bond motifs is 1. The van der Waals surface area contributed by atoms with E-state index < -0.39 is 16.0 Å². The molecule has 3 aromatic rings. The predicted octanol–water partition coefficient (Wildman–Crippen LogP) is 2.97. The highest BCUT2D eigenvalue weighted by Gasteiger charge is 2.17. The topological polar surface area (TPSA) is 89.8 Å². The van der Waals surface area contributed by atoms with Crippen molar-refractivity contribution in [1.29, 1.82) is 0 Å². The number of carbonyl (C=O) groups excluding carboxylic acids is 1. The monoisotopic (exact) mass is 379 g/mol. The van der Waals surface area contributed by atoms with E-state index in [4.69, 9.17) is 16.3 Å². The molecule has 7 nitrogen and oxygen atoms in total. The smallest absolute Gasteiger partial charge is 0.341 e. The van der Waals surface area contributed by atoms with Crippen LogP contribution in [0.1, 0.15) is 17.3 Å². The molecule has 3 rings (SSSR count). The number of benzene rings is 1. The van der Waals surface area contributed by atoms with Gasteiger partial charge in [0.2, 0.25) is 0 Å². The summed E-state index contributed by atoms with van der Waals surface area (Å²) < 4.78 is 33.8. The molecule has 0 atom stereocenters. The lowest BCUT2D eigenvalue weighted by Crippen LogP contribution is -2.13. The number of anilines is 1. The Morgan fingerprint density at radius 1 is 1.32 bits per heavy atom. The molecule has 0 radical (unpaired) electrons. The van der Waals surface area contributed by atoms with Crippen LogP contribution in [0.2, 0.25) is 5.02 Å². The second-order valence-corrected chi connectivity index (χ2v) is 7.21. The Bertz CT molecular complexity index is 1050. The third-order valence-electron chi connectivity index (χ3n) is 3.38. The molecule has 0 aliphatic rings. The van der Waals surface area contributed by atoms with Crippen molar-refractivity contribution in [1.82, 2.24) is 9.61 Å². The van der Waals surface area contributed by atoms with Crippen LogP contribution < -0.4 is 4.72 Å². The summed E-state index contributed by atoms with van der Waals surface area (Å²) in [4.78, 5) is 12.0. The van der Waals surface area contributed by atoms with Crippen LogP contribution in [-0.4, -0.2) is 30.6 Å². The van der Waals surface area contributed by atoms with E-state index in [1.165, 1.54) is 35.0 Å². The minimum Gasteiger partial charge on any atom is -0.462 e. The lowest BCUT2D eigenvalue weighted by atomic mass is 10.2. The van der Waals surface area contributed by atoms with Gasteiger partial charge in [-0.3, -0.25) is 4.72 Å². The van der Waals surface area contributed by atoms with Crippen LogP contribution in [0.25, 0.3) is 5.52 Å². The van der Waals surface area contributed by atoms with Crippen LogP contribution in [0.4, 0.5) is 5.69 Å². The maximum Gasteiger partial charge on any atom is 0.341 e. The number of pyridine rings is 1. The van der Waals surface area contributed by atoms with Crippen LogP contribution in [0.5, 0.6) is 0 Å². The van der Waals surface area contributed by atoms with E-state index in [9.17, 15) is 13.2 Å². The van der Waals surface area contributed by atoms with Gasteiger partial charge in [0.1, 0.15) is 5.56 Å². The molecule has 0 saturated heterocycles. The average Bonchev–Trinajstić information content (AvgIpc) is 2.98. The van der Waals surface area contributed by atoms with Gasteiger partial charge in [0, 0.05) is 11.2 Å². The van der Waals surface area contributed by atoms with Gasteiger partial charge >= 0.3 is 5.97 Å². The second kappa shape index (κ2) is 6.73. The van der Waals surface area contributed by atoms with Crippen molar-refractivity contribution in [2.45, 2.75) is 11.8 Å². The first-order valence-electron chi connectivity index (χ1n) is 7.33. The van der Waals surface area contributed by atoms with Crippen molar-refractivity contribution in [3.05, 3.63) is 59.4 Å². The third kappa shape index (κ3) is 3.59. The quantitative estimate of drug-likeness (QED) is 0.688. The summed E-state index contributed by atoms with van der Waals surface area (Å²) in [5, 5.41) is 4.37. The molecule has 0 aliphatic carbocycles. The van der Waals surface area contributed by atoms with Crippen LogP contribution in [0, 0.1) is 0 Å². The number of ether oxygens (including phenoxy) is 1. The fourth-order valence-electron chi connectivity index (χ4n) is 2.26. The van der Waals surface area contributed by atoms with E-state index in [1.807, 2.05) is 0 Å². The van der Waals surface area contributed by atoms with E-state index in [2.05, 4.69) is 9.82 Å². The summed E-state index contributed by atoms with van der Waals surface area (Å²) in [6, 6.07) is 8.99. The van der Waals surface area contributed by atoms with Gasteiger partial charge in [-0.1, -0.05) is 17.7 Å². The molecule has 1 aromatic carbocycles. The summed E-state index contributed by atoms with van der Waals surface area (Å²) in [5.74, 6) is -0.521. The van der Waals surface area contributed by atoms with Crippen LogP contribution in [-0.2, 0) is 14.8 Å². The number of hydrogen-bond donors (Lipinski definition) is 1. The lowest BCUT2D eigenvalue weighted by molar-refractivity contribution is 0.0528. The number of halogens is 1. The van der Waals surface area contributed by atoms with Gasteiger partial charge in [0.05, 0.1) is 28.9 Å². The standard InChI is InChI=1S/C16H14ClN3O4S/c1-2-24-16(21)14-10-18-20-7-6-12(9-15(14)20)19-25(22,23)13-5-3-4-11(17)8-13/h3-10,19H,2H2,1H3. The molecular formula is C16H14ClN3O4S. The molecule has 1 N–H and O–H groups in total. The summed E-state index contributed by atoms with van der Waals surface area (Å²) in [7, 11) is -3.81. The van der Waals surface area contributed by atoms with Crippen molar-refractivity contribution in [3.8, 4) is 0 Å². The number of nitrogens with zero attached hydrogens (tertiary/aromatic N) is 2. The number of carbonyl (C=O) groups is 1. The van der Waals surface area contributed by atoms with E-state index in [0.717, 1.165) is 0 Å². The summed E-state index contributed by atoms with van der Waals surface area (Å²) in [5.41, 5.74) is 0.980. The number of esters is 1. The van der Waals surface area contributed by atoms with E-state index in [1.54, 1.807) is 25.3 Å². The van der Waals surface area contributed by atoms with Crippen molar-refractivity contribution >= 4 is 38.8 Å². The van der Waals surface area contributed by atoms with Crippen molar-refractivity contribution in [2.24, 2.45) is 0 Å². The average molecular weight is 380 g/mol. The lowest BCUT2D eigenvalue weighted by Gasteiger charge is -2.09. The minimum atomic E-state index is -3.81. The number of hydrogen-bond acceptors (Lipinski definition) is 5. The van der Waals surface area contributed by atoms with Gasteiger partial charge in [-0.2, -0.15) is 5.10 Å². The van der Waals surface area contributed by atoms with Gasteiger partial charge in [-0.25, -0.2) is 17.7 Å². The molecular weight excluding hydrogens is 366 g/mol. The van der Waals surface area contributed by atoms with Crippen LogP contribution in [0.3, 0.4) is 0 Å². The Balaban J connectivity index is 1.96. The van der Waals surface area contributed by atoms with Crippen molar-refractivity contribution in [2.75, 3.05) is 11.3 Å². The highest BCUT2D eigenvalue weighted by atomic mass is 35.5. The number of rotatable bonds is 5. The van der Waals surface area contributed by atoms with E-state index >= 15 is 0 Å². The van der Waals surface area contributed by atoms with Crippen molar-refractivity contribution < 1.29 is 17.9 Å². The largest absolute Gasteiger partial charge is 0.462 e. The Kier molecular flexibility index (Phi) is 4.65. The fraction of sp³-hybridized carbons (Fsp3) is 0.125. The van der Waals surface area contributed by atoms with Gasteiger partial charge in [0.15, 0.2) is 0 Å². The summed E-state index contributed by atoms with van der Waals surface area (Å²) in [6.07, 6.45) is 2.93. The number of nitrogens with one attached hydrogen (secondary N) is 1. The molecule has 9 heteroatoms. The fourth-order valence-corrected chi connectivity index (χ4v) is 3.61. The molecule has 0 spiro atoms. The van der Waals surface area contributed by atoms with Gasteiger partial charge in [-0.05, 0) is 37.3 Å². The summed E-state index contributed by atoms with van der Waals surface area (Å²) in [6.45, 7) is 1.94. The van der Waals surface area contributed by atoms with Crippen LogP contribution >= 0.6 is 11.6 Å². The highest BCUT2D eigenvalue weighted by molar-refractivity contribution is 7.92. The van der Waals surface area contributed by atoms with Crippen LogP contribution in [0.15, 0.2) is 53.7 Å². The Hall–Kier alpha value is -2.58. The molecule has 0 unspecified atom stereocenters. The zero-order valence-electron chi connectivity index (χ0n) is 13.1. The number of sulfonamides is 1. The normalized spacial score (nSPS) is 11.4. The second-order valence-electron chi connectivity index (χ2n) is 5.09. The van der Waals surface area contributed by atoms with E-state index in [0.29, 0.717) is 16.2 Å². The maximum absolute atomic E-state index is 12.5. The molecule has 2 heterocycles. The predicted molar refractivity (Wildman–Crippen MR) is 93.4 cm³/mol. The van der Waals surface area contributed by atoms with Crippen molar-refractivity contribution in [3.63, 3.8) is 0 Å². The minimum absolute atomic E-state index is 0.0407. The molecule has 0 amide bonds. The molecule has 0 aliphatic heterocycles. The first-order chi connectivity index (χ1) is 11.9. The third-order valence-corrected chi connectivity index (χ3v) is 4.99. The first-order valence-corrected chi connectivity index (χ1v) is 9.20. The zero-order valence-corrected chi connectivity index (χ0v) is 14.7.